The summed E-state index contributed by atoms with van der Waals surface area (Å²) < 4.78 is 28.2. The Kier molecular flexibility index (Phi) is 6.39. The minimum atomic E-state index is -3.77. The van der Waals surface area contributed by atoms with Crippen molar-refractivity contribution in [2.45, 2.75) is 11.8 Å². The summed E-state index contributed by atoms with van der Waals surface area (Å²) in [6.07, 6.45) is 0. The number of hydrogen-bond acceptors (Lipinski definition) is 5. The van der Waals surface area contributed by atoms with E-state index in [1.165, 1.54) is 39.9 Å². The number of nitrogens with zero attached hydrogens (tertiary/aromatic N) is 2. The van der Waals surface area contributed by atoms with E-state index in [-0.39, 0.29) is 11.4 Å². The lowest BCUT2D eigenvalue weighted by Crippen LogP contribution is -2.30. The number of rotatable bonds is 6. The van der Waals surface area contributed by atoms with E-state index in [2.05, 4.69) is 10.3 Å². The predicted octanol–water partition coefficient (Wildman–Crippen LogP) is 6.07. The number of nitrogens with one attached hydrogen (secondary N) is 1. The lowest BCUT2D eigenvalue weighted by molar-refractivity contribution is 0.102. The van der Waals surface area contributed by atoms with Gasteiger partial charge in [0.15, 0.2) is 5.13 Å². The summed E-state index contributed by atoms with van der Waals surface area (Å²) in [6, 6.07) is 17.9. The summed E-state index contributed by atoms with van der Waals surface area (Å²) in [6.45, 7) is 2.04. The first kappa shape index (κ1) is 22.5. The summed E-state index contributed by atoms with van der Waals surface area (Å²) in [7, 11) is -3.77. The molecule has 1 amide bonds. The van der Waals surface area contributed by atoms with Gasteiger partial charge in [-0.3, -0.25) is 14.4 Å². The number of benzene rings is 3. The highest BCUT2D eigenvalue weighted by atomic mass is 35.5. The van der Waals surface area contributed by atoms with Gasteiger partial charge in [-0.25, -0.2) is 13.4 Å². The Hall–Kier alpha value is -2.65. The quantitative estimate of drug-likeness (QED) is 0.344. The zero-order chi connectivity index (χ0) is 22.9. The molecule has 10 heteroatoms. The lowest BCUT2D eigenvalue weighted by Gasteiger charge is -2.22. The Bertz CT molecular complexity index is 1350. The van der Waals surface area contributed by atoms with E-state index in [9.17, 15) is 13.2 Å². The van der Waals surface area contributed by atoms with Gasteiger partial charge >= 0.3 is 0 Å². The van der Waals surface area contributed by atoms with Gasteiger partial charge in [0.25, 0.3) is 15.9 Å². The molecule has 0 saturated carbocycles. The molecular formula is C22H17Cl2N3O3S2. The molecule has 164 valence electrons. The average molecular weight is 506 g/mol. The Morgan fingerprint density at radius 1 is 1.00 bits per heavy atom. The number of hydrogen-bond donors (Lipinski definition) is 1. The zero-order valence-electron chi connectivity index (χ0n) is 16.7. The molecule has 4 aromatic rings. The highest BCUT2D eigenvalue weighted by Crippen LogP contribution is 2.36. The predicted molar refractivity (Wildman–Crippen MR) is 131 cm³/mol. The van der Waals surface area contributed by atoms with Crippen molar-refractivity contribution in [3.63, 3.8) is 0 Å². The average Bonchev–Trinajstić information content (AvgIpc) is 3.22. The Morgan fingerprint density at radius 2 is 1.66 bits per heavy atom. The van der Waals surface area contributed by atoms with Crippen molar-refractivity contribution in [1.82, 2.24) is 4.98 Å². The van der Waals surface area contributed by atoms with Crippen molar-refractivity contribution in [3.8, 4) is 0 Å². The van der Waals surface area contributed by atoms with Gasteiger partial charge in [-0.05, 0) is 55.5 Å². The van der Waals surface area contributed by atoms with Crippen molar-refractivity contribution in [2.24, 2.45) is 0 Å². The third-order valence-electron chi connectivity index (χ3n) is 4.70. The molecule has 0 spiro atoms. The van der Waals surface area contributed by atoms with E-state index in [0.717, 1.165) is 0 Å². The molecule has 6 nitrogen and oxygen atoms in total. The largest absolute Gasteiger partial charge is 0.298 e. The van der Waals surface area contributed by atoms with Crippen LogP contribution in [0.1, 0.15) is 17.3 Å². The van der Waals surface area contributed by atoms with Crippen molar-refractivity contribution in [3.05, 3.63) is 82.3 Å². The second-order valence-electron chi connectivity index (χ2n) is 6.71. The van der Waals surface area contributed by atoms with Gasteiger partial charge in [0.05, 0.1) is 25.3 Å². The Labute approximate surface area is 199 Å². The van der Waals surface area contributed by atoms with E-state index in [1.54, 1.807) is 43.3 Å². The van der Waals surface area contributed by atoms with Gasteiger partial charge in [-0.15, -0.1) is 0 Å². The summed E-state index contributed by atoms with van der Waals surface area (Å²) in [5, 5.41) is 3.99. The first-order valence-corrected chi connectivity index (χ1v) is 12.6. The number of thiazole rings is 1. The van der Waals surface area contributed by atoms with Crippen LogP contribution >= 0.6 is 34.5 Å². The second kappa shape index (κ2) is 9.07. The van der Waals surface area contributed by atoms with Crippen LogP contribution in [0.4, 0.5) is 10.8 Å². The molecular weight excluding hydrogens is 489 g/mol. The van der Waals surface area contributed by atoms with Crippen LogP contribution in [0.3, 0.4) is 0 Å². The van der Waals surface area contributed by atoms with Gasteiger partial charge in [0.2, 0.25) is 0 Å². The third kappa shape index (κ3) is 4.31. The molecule has 0 radical (unpaired) electrons. The molecule has 0 atom stereocenters. The maximum absolute atomic E-state index is 13.1. The number of carbonyl (C=O) groups is 1. The van der Waals surface area contributed by atoms with Gasteiger partial charge in [0, 0.05) is 12.1 Å². The standard InChI is InChI=1S/C22H17Cl2N3O3S2/c1-2-27(15-6-4-3-5-7-15)32(29,30)16-10-8-14(9-11-16)21(28)26-22-25-19-17(23)12-13-18(24)20(19)31-22/h3-13H,2H2,1H3,(H,25,26,28). The fraction of sp³-hybridized carbons (Fsp3) is 0.0909. The van der Waals surface area contributed by atoms with Gasteiger partial charge < -0.3 is 0 Å². The van der Waals surface area contributed by atoms with Crippen LogP contribution in [-0.4, -0.2) is 25.9 Å². The number of amides is 1. The zero-order valence-corrected chi connectivity index (χ0v) is 19.9. The number of aromatic nitrogens is 1. The maximum atomic E-state index is 13.1. The van der Waals surface area contributed by atoms with Crippen LogP contribution in [0.2, 0.25) is 10.0 Å². The monoisotopic (exact) mass is 505 g/mol. The summed E-state index contributed by atoms with van der Waals surface area (Å²) >= 11 is 13.5. The fourth-order valence-electron chi connectivity index (χ4n) is 3.16. The molecule has 0 saturated heterocycles. The molecule has 0 aliphatic carbocycles. The van der Waals surface area contributed by atoms with Crippen molar-refractivity contribution >= 4 is 71.5 Å². The number of fused-ring (bicyclic) bond motifs is 1. The molecule has 0 fully saturated rings. The molecule has 4 rings (SSSR count). The molecule has 3 aromatic carbocycles. The molecule has 0 aliphatic heterocycles. The molecule has 0 unspecified atom stereocenters. The molecule has 1 heterocycles. The van der Waals surface area contributed by atoms with Crippen LogP contribution in [0.15, 0.2) is 71.6 Å². The lowest BCUT2D eigenvalue weighted by atomic mass is 10.2. The van der Waals surface area contributed by atoms with Gasteiger partial charge in [0.1, 0.15) is 5.52 Å². The van der Waals surface area contributed by atoms with Gasteiger partial charge in [-0.2, -0.15) is 0 Å². The van der Waals surface area contributed by atoms with Crippen LogP contribution in [0.5, 0.6) is 0 Å². The molecule has 0 bridgehead atoms. The van der Waals surface area contributed by atoms with E-state index in [4.69, 9.17) is 23.2 Å². The maximum Gasteiger partial charge on any atom is 0.264 e. The highest BCUT2D eigenvalue weighted by Gasteiger charge is 2.24. The van der Waals surface area contributed by atoms with E-state index in [0.29, 0.717) is 36.6 Å². The fourth-order valence-corrected chi connectivity index (χ4v) is 6.05. The van der Waals surface area contributed by atoms with Crippen LogP contribution < -0.4 is 9.62 Å². The summed E-state index contributed by atoms with van der Waals surface area (Å²) in [5.74, 6) is -0.421. The van der Waals surface area contributed by atoms with Crippen molar-refractivity contribution < 1.29 is 13.2 Å². The Balaban J connectivity index is 1.56. The summed E-state index contributed by atoms with van der Waals surface area (Å²) in [4.78, 5) is 17.1. The van der Waals surface area contributed by atoms with Crippen LogP contribution in [-0.2, 0) is 10.0 Å². The number of anilines is 2. The smallest absolute Gasteiger partial charge is 0.264 e. The number of halogens is 2. The van der Waals surface area contributed by atoms with E-state index in [1.807, 2.05) is 6.07 Å². The minimum absolute atomic E-state index is 0.0957. The normalized spacial score (nSPS) is 11.5. The minimum Gasteiger partial charge on any atom is -0.298 e. The van der Waals surface area contributed by atoms with Gasteiger partial charge in [-0.1, -0.05) is 52.7 Å². The number of sulfonamides is 1. The highest BCUT2D eigenvalue weighted by molar-refractivity contribution is 7.92. The van der Waals surface area contributed by atoms with Crippen molar-refractivity contribution in [2.75, 3.05) is 16.2 Å². The van der Waals surface area contributed by atoms with Crippen LogP contribution in [0.25, 0.3) is 10.2 Å². The first-order chi connectivity index (χ1) is 15.3. The first-order valence-electron chi connectivity index (χ1n) is 9.55. The molecule has 1 aromatic heterocycles. The van der Waals surface area contributed by atoms with E-state index >= 15 is 0 Å². The summed E-state index contributed by atoms with van der Waals surface area (Å²) in [5.41, 5.74) is 1.38. The topological polar surface area (TPSA) is 79.4 Å². The van der Waals surface area contributed by atoms with E-state index < -0.39 is 15.9 Å². The second-order valence-corrected chi connectivity index (χ2v) is 10.4. The molecule has 0 aliphatic rings. The number of carbonyl (C=O) groups excluding carboxylic acids is 1. The van der Waals surface area contributed by atoms with Crippen LogP contribution in [0, 0.1) is 0 Å². The molecule has 1 N–H and O–H groups in total. The SMILES string of the molecule is CCN(c1ccccc1)S(=O)(=O)c1ccc(C(=O)Nc2nc3c(Cl)ccc(Cl)c3s2)cc1. The third-order valence-corrected chi connectivity index (χ3v) is 8.36. The van der Waals surface area contributed by atoms with Crippen molar-refractivity contribution in [1.29, 1.82) is 0 Å². The Morgan fingerprint density at radius 3 is 2.28 bits per heavy atom. The molecule has 32 heavy (non-hydrogen) atoms. The number of para-hydroxylation sites is 1.